The molecule has 3 aromatic rings. The Kier molecular flexibility index (Phi) is 2.64. The van der Waals surface area contributed by atoms with E-state index in [4.69, 9.17) is 10.5 Å². The standard InChI is InChI=1S/C14H12N2O2S/c1-7-6-8(14(17)18-2)11-12-9(15)4-3-5-10(12)19-13(11)16-7/h3-6H,15H2,1-2H3. The zero-order chi connectivity index (χ0) is 13.6. The van der Waals surface area contributed by atoms with Gasteiger partial charge in [0.1, 0.15) is 4.83 Å². The Balaban J connectivity index is 2.54. The number of methoxy groups -OCH3 is 1. The number of nitrogen functional groups attached to an aromatic ring is 1. The van der Waals surface area contributed by atoms with Gasteiger partial charge in [-0.2, -0.15) is 0 Å². The van der Waals surface area contributed by atoms with E-state index in [1.807, 2.05) is 25.1 Å². The SMILES string of the molecule is COC(=O)c1cc(C)nc2sc3cccc(N)c3c12. The second-order valence-corrected chi connectivity index (χ2v) is 5.34. The van der Waals surface area contributed by atoms with E-state index in [0.29, 0.717) is 11.3 Å². The first kappa shape index (κ1) is 11.9. The monoisotopic (exact) mass is 272 g/mol. The molecule has 4 nitrogen and oxygen atoms in total. The highest BCUT2D eigenvalue weighted by Gasteiger charge is 2.18. The van der Waals surface area contributed by atoms with Gasteiger partial charge in [-0.3, -0.25) is 0 Å². The Morgan fingerprint density at radius 1 is 1.37 bits per heavy atom. The molecular formula is C14H12N2O2S. The fourth-order valence-electron chi connectivity index (χ4n) is 2.24. The molecule has 0 aliphatic heterocycles. The van der Waals surface area contributed by atoms with Crippen molar-refractivity contribution in [1.29, 1.82) is 0 Å². The van der Waals surface area contributed by atoms with Crippen molar-refractivity contribution < 1.29 is 9.53 Å². The van der Waals surface area contributed by atoms with Crippen molar-refractivity contribution in [2.24, 2.45) is 0 Å². The first-order chi connectivity index (χ1) is 9.11. The number of esters is 1. The minimum Gasteiger partial charge on any atom is -0.465 e. The van der Waals surface area contributed by atoms with Gasteiger partial charge in [0.2, 0.25) is 0 Å². The molecule has 0 spiro atoms. The summed E-state index contributed by atoms with van der Waals surface area (Å²) in [6.07, 6.45) is 0. The highest BCUT2D eigenvalue weighted by Crippen LogP contribution is 2.38. The lowest BCUT2D eigenvalue weighted by Crippen LogP contribution is -2.03. The van der Waals surface area contributed by atoms with Crippen LogP contribution in [0, 0.1) is 6.92 Å². The molecule has 0 aliphatic rings. The molecule has 96 valence electrons. The molecule has 2 heterocycles. The van der Waals surface area contributed by atoms with Crippen LogP contribution in [-0.2, 0) is 4.74 Å². The number of hydrogen-bond donors (Lipinski definition) is 1. The number of fused-ring (bicyclic) bond motifs is 3. The van der Waals surface area contributed by atoms with E-state index in [-0.39, 0.29) is 5.97 Å². The number of aryl methyl sites for hydroxylation is 1. The minimum atomic E-state index is -0.363. The van der Waals surface area contributed by atoms with Crippen molar-refractivity contribution >= 4 is 43.3 Å². The lowest BCUT2D eigenvalue weighted by molar-refractivity contribution is 0.0603. The summed E-state index contributed by atoms with van der Waals surface area (Å²) >= 11 is 1.53. The maximum Gasteiger partial charge on any atom is 0.338 e. The van der Waals surface area contributed by atoms with E-state index in [1.54, 1.807) is 6.07 Å². The first-order valence-electron chi connectivity index (χ1n) is 5.78. The number of carbonyl (C=O) groups excluding carboxylic acids is 1. The molecule has 5 heteroatoms. The van der Waals surface area contributed by atoms with Crippen LogP contribution in [0.1, 0.15) is 16.1 Å². The van der Waals surface area contributed by atoms with Crippen LogP contribution in [0.15, 0.2) is 24.3 Å². The van der Waals surface area contributed by atoms with E-state index >= 15 is 0 Å². The molecule has 0 atom stereocenters. The largest absolute Gasteiger partial charge is 0.465 e. The number of ether oxygens (including phenoxy) is 1. The fraction of sp³-hybridized carbons (Fsp3) is 0.143. The maximum atomic E-state index is 11.9. The molecule has 0 unspecified atom stereocenters. The summed E-state index contributed by atoms with van der Waals surface area (Å²) in [5, 5.41) is 1.67. The molecule has 3 rings (SSSR count). The Bertz CT molecular complexity index is 808. The minimum absolute atomic E-state index is 0.363. The Labute approximate surface area is 113 Å². The smallest absolute Gasteiger partial charge is 0.338 e. The van der Waals surface area contributed by atoms with Crippen LogP contribution in [0.5, 0.6) is 0 Å². The first-order valence-corrected chi connectivity index (χ1v) is 6.60. The van der Waals surface area contributed by atoms with Crippen molar-refractivity contribution in [3.05, 3.63) is 35.5 Å². The summed E-state index contributed by atoms with van der Waals surface area (Å²) in [5.41, 5.74) is 8.01. The van der Waals surface area contributed by atoms with Gasteiger partial charge in [-0.1, -0.05) is 6.07 Å². The second-order valence-electron chi connectivity index (χ2n) is 4.31. The number of nitrogens with two attached hydrogens (primary N) is 1. The van der Waals surface area contributed by atoms with E-state index < -0.39 is 0 Å². The van der Waals surface area contributed by atoms with Crippen molar-refractivity contribution in [3.8, 4) is 0 Å². The van der Waals surface area contributed by atoms with E-state index in [9.17, 15) is 4.79 Å². The molecule has 0 amide bonds. The van der Waals surface area contributed by atoms with E-state index in [1.165, 1.54) is 18.4 Å². The number of aromatic nitrogens is 1. The number of carbonyl (C=O) groups is 1. The van der Waals surface area contributed by atoms with Gasteiger partial charge in [-0.25, -0.2) is 9.78 Å². The number of nitrogens with zero attached hydrogens (tertiary/aromatic N) is 1. The number of hydrogen-bond acceptors (Lipinski definition) is 5. The fourth-order valence-corrected chi connectivity index (χ4v) is 3.42. The molecule has 0 radical (unpaired) electrons. The van der Waals surface area contributed by atoms with Crippen LogP contribution >= 0.6 is 11.3 Å². The second kappa shape index (κ2) is 4.20. The van der Waals surface area contributed by atoms with Gasteiger partial charge < -0.3 is 10.5 Å². The normalized spacial score (nSPS) is 11.1. The molecule has 0 fully saturated rings. The van der Waals surface area contributed by atoms with Gasteiger partial charge in [0.05, 0.1) is 12.7 Å². The summed E-state index contributed by atoms with van der Waals surface area (Å²) < 4.78 is 5.88. The molecule has 1 aromatic carbocycles. The molecular weight excluding hydrogens is 260 g/mol. The molecule has 0 bridgehead atoms. The van der Waals surface area contributed by atoms with Crippen molar-refractivity contribution in [3.63, 3.8) is 0 Å². The Morgan fingerprint density at radius 3 is 2.89 bits per heavy atom. The molecule has 0 saturated carbocycles. The van der Waals surface area contributed by atoms with Crippen LogP contribution in [0.3, 0.4) is 0 Å². The molecule has 2 aromatic heterocycles. The molecule has 0 aliphatic carbocycles. The van der Waals surface area contributed by atoms with Crippen LogP contribution in [0.2, 0.25) is 0 Å². The highest BCUT2D eigenvalue weighted by atomic mass is 32.1. The Morgan fingerprint density at radius 2 is 2.16 bits per heavy atom. The zero-order valence-electron chi connectivity index (χ0n) is 10.6. The summed E-state index contributed by atoms with van der Waals surface area (Å²) in [4.78, 5) is 17.2. The highest BCUT2D eigenvalue weighted by molar-refractivity contribution is 7.25. The van der Waals surface area contributed by atoms with Gasteiger partial charge in [-0.05, 0) is 25.1 Å². The lowest BCUT2D eigenvalue weighted by atomic mass is 10.1. The summed E-state index contributed by atoms with van der Waals surface area (Å²) in [7, 11) is 1.38. The van der Waals surface area contributed by atoms with Crippen molar-refractivity contribution in [2.75, 3.05) is 12.8 Å². The van der Waals surface area contributed by atoms with Crippen molar-refractivity contribution in [1.82, 2.24) is 4.98 Å². The van der Waals surface area contributed by atoms with Gasteiger partial charge in [0, 0.05) is 26.9 Å². The van der Waals surface area contributed by atoms with Gasteiger partial charge in [0.15, 0.2) is 0 Å². The predicted molar refractivity (Wildman–Crippen MR) is 77.6 cm³/mol. The molecule has 19 heavy (non-hydrogen) atoms. The number of benzene rings is 1. The van der Waals surface area contributed by atoms with Crippen LogP contribution < -0.4 is 5.73 Å². The summed E-state index contributed by atoms with van der Waals surface area (Å²) in [5.74, 6) is -0.363. The number of thiophene rings is 1. The molecule has 0 saturated heterocycles. The predicted octanol–water partition coefficient (Wildman–Crippen LogP) is 3.13. The zero-order valence-corrected chi connectivity index (χ0v) is 11.4. The number of rotatable bonds is 1. The third-order valence-corrected chi connectivity index (χ3v) is 4.08. The van der Waals surface area contributed by atoms with Gasteiger partial charge in [-0.15, -0.1) is 11.3 Å². The number of anilines is 1. The maximum absolute atomic E-state index is 11.9. The third kappa shape index (κ3) is 1.74. The van der Waals surface area contributed by atoms with Gasteiger partial charge in [0.25, 0.3) is 0 Å². The van der Waals surface area contributed by atoms with Crippen LogP contribution in [0.25, 0.3) is 20.3 Å². The quantitative estimate of drug-likeness (QED) is 0.546. The lowest BCUT2D eigenvalue weighted by Gasteiger charge is -2.04. The van der Waals surface area contributed by atoms with Gasteiger partial charge >= 0.3 is 5.97 Å². The average molecular weight is 272 g/mol. The Hall–Kier alpha value is -2.14. The molecule has 2 N–H and O–H groups in total. The summed E-state index contributed by atoms with van der Waals surface area (Å²) in [6.45, 7) is 1.86. The average Bonchev–Trinajstić information content (AvgIpc) is 2.76. The van der Waals surface area contributed by atoms with Crippen LogP contribution in [-0.4, -0.2) is 18.1 Å². The third-order valence-electron chi connectivity index (χ3n) is 3.03. The summed E-state index contributed by atoms with van der Waals surface area (Å²) in [6, 6.07) is 7.45. The topological polar surface area (TPSA) is 65.2 Å². The number of pyridine rings is 1. The van der Waals surface area contributed by atoms with E-state index in [2.05, 4.69) is 4.98 Å². The van der Waals surface area contributed by atoms with E-state index in [0.717, 1.165) is 26.0 Å². The van der Waals surface area contributed by atoms with Crippen LogP contribution in [0.4, 0.5) is 5.69 Å². The van der Waals surface area contributed by atoms with Crippen molar-refractivity contribution in [2.45, 2.75) is 6.92 Å².